The molecule has 188 valence electrons. The van der Waals surface area contributed by atoms with E-state index in [1.165, 1.54) is 16.7 Å². The lowest BCUT2D eigenvalue weighted by molar-refractivity contribution is -0.142. The second-order valence-electron chi connectivity index (χ2n) is 9.59. The normalized spacial score (nSPS) is 12.9. The van der Waals surface area contributed by atoms with Gasteiger partial charge in [-0.25, -0.2) is 4.79 Å². The van der Waals surface area contributed by atoms with Crippen molar-refractivity contribution in [2.45, 2.75) is 78.6 Å². The molecule has 0 fully saturated rings. The third kappa shape index (κ3) is 9.64. The average molecular weight is 491 g/mol. The van der Waals surface area contributed by atoms with E-state index >= 15 is 0 Å². The summed E-state index contributed by atoms with van der Waals surface area (Å²) in [6.07, 6.45) is 1.50. The van der Waals surface area contributed by atoms with E-state index in [0.717, 1.165) is 11.1 Å². The molecule has 0 aliphatic heterocycles. The number of carbonyl (C=O) groups is 3. The first-order chi connectivity index (χ1) is 15.8. The van der Waals surface area contributed by atoms with Gasteiger partial charge in [0.05, 0.1) is 6.07 Å². The fourth-order valence-corrected chi connectivity index (χ4v) is 3.99. The summed E-state index contributed by atoms with van der Waals surface area (Å²) in [5.41, 5.74) is 1.75. The highest BCUT2D eigenvalue weighted by Crippen LogP contribution is 2.25. The van der Waals surface area contributed by atoms with Gasteiger partial charge in [-0.1, -0.05) is 29.3 Å². The van der Waals surface area contributed by atoms with Crippen molar-refractivity contribution in [1.29, 1.82) is 5.26 Å². The average Bonchev–Trinajstić information content (AvgIpc) is 2.67. The van der Waals surface area contributed by atoms with Gasteiger partial charge in [0.1, 0.15) is 24.2 Å². The zero-order chi connectivity index (χ0) is 26.1. The summed E-state index contributed by atoms with van der Waals surface area (Å²) in [6.45, 7) is 12.4. The van der Waals surface area contributed by atoms with Crippen LogP contribution in [0.3, 0.4) is 0 Å². The smallest absolute Gasteiger partial charge is 0.408 e. The Morgan fingerprint density at radius 1 is 1.12 bits per heavy atom. The molecule has 0 aliphatic rings. The van der Waals surface area contributed by atoms with Crippen molar-refractivity contribution >= 4 is 29.7 Å². The minimum atomic E-state index is -1.02. The Labute approximate surface area is 207 Å². The molecule has 1 rings (SSSR count). The Morgan fingerprint density at radius 3 is 2.18 bits per heavy atom. The van der Waals surface area contributed by atoms with Gasteiger partial charge in [-0.2, -0.15) is 17.0 Å². The van der Waals surface area contributed by atoms with Gasteiger partial charge in [0.15, 0.2) is 0 Å². The van der Waals surface area contributed by atoms with E-state index in [2.05, 4.69) is 10.6 Å². The highest BCUT2D eigenvalue weighted by molar-refractivity contribution is 7.98. The standard InChI is InChI=1S/C25H38N4O4S/c1-16(2)27-22(30)21(19-14-17(3)13-18(4)15-19)29(11-10-26)23(31)20(9-12-34-8)28-24(32)33-25(5,6)7/h13-16,20-21H,9,11-12H2,1-8H3,(H,27,30)(H,28,32). The summed E-state index contributed by atoms with van der Waals surface area (Å²) in [5.74, 6) is -0.298. The SMILES string of the molecule is CSCCC(NC(=O)OC(C)(C)C)C(=O)N(CC#N)C(C(=O)NC(C)C)c1cc(C)cc(C)c1. The van der Waals surface area contributed by atoms with Crippen LogP contribution in [-0.4, -0.2) is 59.0 Å². The first-order valence-electron chi connectivity index (χ1n) is 11.3. The molecular weight excluding hydrogens is 452 g/mol. The van der Waals surface area contributed by atoms with Gasteiger partial charge in [-0.15, -0.1) is 0 Å². The molecule has 2 unspecified atom stereocenters. The molecule has 0 saturated carbocycles. The van der Waals surface area contributed by atoms with Crippen LogP contribution in [0.25, 0.3) is 0 Å². The number of nitrogens with one attached hydrogen (secondary N) is 2. The molecule has 0 heterocycles. The number of hydrogen-bond donors (Lipinski definition) is 2. The minimum Gasteiger partial charge on any atom is -0.444 e. The Bertz CT molecular complexity index is 885. The van der Waals surface area contributed by atoms with Crippen LogP contribution in [0.15, 0.2) is 18.2 Å². The number of alkyl carbamates (subject to hydrolysis) is 1. The number of benzene rings is 1. The third-order valence-corrected chi connectivity index (χ3v) is 5.32. The molecular formula is C25H38N4O4S. The number of ether oxygens (including phenoxy) is 1. The maximum Gasteiger partial charge on any atom is 0.408 e. The van der Waals surface area contributed by atoms with Crippen LogP contribution in [0.5, 0.6) is 0 Å². The second kappa shape index (κ2) is 13.2. The monoisotopic (exact) mass is 490 g/mol. The summed E-state index contributed by atoms with van der Waals surface area (Å²) in [4.78, 5) is 40.8. The number of nitrogens with zero attached hydrogens (tertiary/aromatic N) is 2. The van der Waals surface area contributed by atoms with E-state index in [0.29, 0.717) is 17.7 Å². The molecule has 0 aliphatic carbocycles. The van der Waals surface area contributed by atoms with Crippen molar-refractivity contribution in [3.8, 4) is 6.07 Å². The van der Waals surface area contributed by atoms with Gasteiger partial charge in [0, 0.05) is 6.04 Å². The third-order valence-electron chi connectivity index (χ3n) is 4.67. The predicted octanol–water partition coefficient (Wildman–Crippen LogP) is 3.87. The predicted molar refractivity (Wildman–Crippen MR) is 135 cm³/mol. The zero-order valence-corrected chi connectivity index (χ0v) is 22.3. The van der Waals surface area contributed by atoms with Crippen LogP contribution >= 0.6 is 11.8 Å². The molecule has 3 amide bonds. The van der Waals surface area contributed by atoms with Gasteiger partial charge < -0.3 is 20.3 Å². The van der Waals surface area contributed by atoms with Gasteiger partial charge in [0.25, 0.3) is 0 Å². The van der Waals surface area contributed by atoms with Gasteiger partial charge in [-0.05, 0) is 72.5 Å². The quantitative estimate of drug-likeness (QED) is 0.482. The molecule has 0 radical (unpaired) electrons. The molecule has 2 N–H and O–H groups in total. The molecule has 1 aromatic rings. The molecule has 8 nitrogen and oxygen atoms in total. The molecule has 0 aromatic heterocycles. The van der Waals surface area contributed by atoms with E-state index in [4.69, 9.17) is 4.74 Å². The van der Waals surface area contributed by atoms with Crippen molar-refractivity contribution < 1.29 is 19.1 Å². The fraction of sp³-hybridized carbons (Fsp3) is 0.600. The van der Waals surface area contributed by atoms with Crippen molar-refractivity contribution in [2.24, 2.45) is 0 Å². The van der Waals surface area contributed by atoms with Crippen molar-refractivity contribution in [3.63, 3.8) is 0 Å². The van der Waals surface area contributed by atoms with E-state index in [-0.39, 0.29) is 18.5 Å². The zero-order valence-electron chi connectivity index (χ0n) is 21.5. The second-order valence-corrected chi connectivity index (χ2v) is 10.6. The summed E-state index contributed by atoms with van der Waals surface area (Å²) in [6, 6.07) is 5.54. The van der Waals surface area contributed by atoms with E-state index in [1.807, 2.05) is 58.2 Å². The van der Waals surface area contributed by atoms with Crippen LogP contribution in [0.4, 0.5) is 4.79 Å². The molecule has 0 saturated heterocycles. The Morgan fingerprint density at radius 2 is 1.71 bits per heavy atom. The number of amides is 3. The largest absolute Gasteiger partial charge is 0.444 e. The van der Waals surface area contributed by atoms with Gasteiger partial charge in [-0.3, -0.25) is 9.59 Å². The molecule has 0 bridgehead atoms. The van der Waals surface area contributed by atoms with E-state index in [9.17, 15) is 19.6 Å². The summed E-state index contributed by atoms with van der Waals surface area (Å²) < 4.78 is 5.34. The van der Waals surface area contributed by atoms with Crippen LogP contribution in [0, 0.1) is 25.2 Å². The number of aryl methyl sites for hydroxylation is 2. The van der Waals surface area contributed by atoms with E-state index in [1.54, 1.807) is 20.8 Å². The lowest BCUT2D eigenvalue weighted by Gasteiger charge is -2.33. The van der Waals surface area contributed by atoms with Crippen LogP contribution < -0.4 is 10.6 Å². The highest BCUT2D eigenvalue weighted by atomic mass is 32.2. The van der Waals surface area contributed by atoms with Gasteiger partial charge >= 0.3 is 6.09 Å². The summed E-state index contributed by atoms with van der Waals surface area (Å²) in [5, 5.41) is 15.1. The Kier molecular flexibility index (Phi) is 11.4. The number of carbonyl (C=O) groups excluding carboxylic acids is 3. The molecule has 2 atom stereocenters. The lowest BCUT2D eigenvalue weighted by atomic mass is 9.98. The van der Waals surface area contributed by atoms with E-state index < -0.39 is 29.7 Å². The van der Waals surface area contributed by atoms with Crippen molar-refractivity contribution in [1.82, 2.24) is 15.5 Å². The summed E-state index contributed by atoms with van der Waals surface area (Å²) >= 11 is 1.53. The first-order valence-corrected chi connectivity index (χ1v) is 12.7. The Balaban J connectivity index is 3.46. The number of thioether (sulfide) groups is 1. The van der Waals surface area contributed by atoms with Crippen molar-refractivity contribution in [2.75, 3.05) is 18.6 Å². The van der Waals surface area contributed by atoms with Crippen LogP contribution in [0.1, 0.15) is 63.8 Å². The first kappa shape index (κ1) is 29.3. The molecule has 9 heteroatoms. The van der Waals surface area contributed by atoms with Crippen molar-refractivity contribution in [3.05, 3.63) is 34.9 Å². The fourth-order valence-electron chi connectivity index (χ4n) is 3.52. The highest BCUT2D eigenvalue weighted by Gasteiger charge is 2.36. The molecule has 0 spiro atoms. The maximum absolute atomic E-state index is 13.7. The number of rotatable bonds is 10. The maximum atomic E-state index is 13.7. The molecule has 34 heavy (non-hydrogen) atoms. The topological polar surface area (TPSA) is 112 Å². The lowest BCUT2D eigenvalue weighted by Crippen LogP contribution is -2.53. The van der Waals surface area contributed by atoms with Crippen LogP contribution in [0.2, 0.25) is 0 Å². The van der Waals surface area contributed by atoms with Crippen LogP contribution in [-0.2, 0) is 14.3 Å². The minimum absolute atomic E-state index is 0.160. The summed E-state index contributed by atoms with van der Waals surface area (Å²) in [7, 11) is 0. The molecule has 1 aromatic carbocycles. The number of hydrogen-bond acceptors (Lipinski definition) is 6. The number of nitriles is 1. The Hall–Kier alpha value is -2.73. The van der Waals surface area contributed by atoms with Gasteiger partial charge in [0.2, 0.25) is 11.8 Å².